The van der Waals surface area contributed by atoms with Crippen molar-refractivity contribution in [2.45, 2.75) is 0 Å². The first-order valence-corrected chi connectivity index (χ1v) is 10.3. The van der Waals surface area contributed by atoms with E-state index in [1.807, 2.05) is 6.07 Å². The van der Waals surface area contributed by atoms with Crippen molar-refractivity contribution in [1.82, 2.24) is 20.8 Å². The molecular formula is C20H20N4O6S. The van der Waals surface area contributed by atoms with Crippen LogP contribution in [0.1, 0.15) is 31.3 Å². The lowest BCUT2D eigenvalue weighted by Crippen LogP contribution is -2.30. The summed E-state index contributed by atoms with van der Waals surface area (Å²) in [7, 11) is 1.42. The number of Topliss-reactive ketones (excluding diaryl/α,β-unsaturated/α-hetero) is 1. The summed E-state index contributed by atoms with van der Waals surface area (Å²) >= 11 is 1.15. The van der Waals surface area contributed by atoms with Crippen LogP contribution in [0.25, 0.3) is 0 Å². The van der Waals surface area contributed by atoms with Crippen LogP contribution in [0.5, 0.6) is 5.75 Å². The second-order valence-electron chi connectivity index (χ2n) is 6.19. The van der Waals surface area contributed by atoms with Gasteiger partial charge in [-0.15, -0.1) is 11.8 Å². The minimum Gasteiger partial charge on any atom is -0.410 e. The van der Waals surface area contributed by atoms with Crippen molar-refractivity contribution >= 4 is 35.3 Å². The lowest BCUT2D eigenvalue weighted by molar-refractivity contribution is 0.0945. The highest BCUT2D eigenvalue weighted by molar-refractivity contribution is 8.04. The molecule has 10 nitrogen and oxygen atoms in total. The summed E-state index contributed by atoms with van der Waals surface area (Å²) < 4.78 is 10.5. The van der Waals surface area contributed by atoms with Gasteiger partial charge in [0.25, 0.3) is 5.91 Å². The van der Waals surface area contributed by atoms with Gasteiger partial charge < -0.3 is 20.1 Å². The molecule has 0 radical (unpaired) electrons. The van der Waals surface area contributed by atoms with Gasteiger partial charge in [-0.05, 0) is 12.1 Å². The molecule has 0 saturated heterocycles. The predicted molar refractivity (Wildman–Crippen MR) is 112 cm³/mol. The number of fused-ring (bicyclic) bond motifs is 1. The van der Waals surface area contributed by atoms with Crippen LogP contribution in [-0.4, -0.2) is 66.3 Å². The molecule has 0 unspecified atom stereocenters. The number of ketones is 2. The number of hydrogen-bond donors (Lipinski definition) is 3. The van der Waals surface area contributed by atoms with Crippen LogP contribution in [-0.2, 0) is 4.74 Å². The van der Waals surface area contributed by atoms with E-state index in [1.165, 1.54) is 13.1 Å². The minimum absolute atomic E-state index is 0.0172. The molecular weight excluding hydrogens is 424 g/mol. The highest BCUT2D eigenvalue weighted by Crippen LogP contribution is 2.29. The molecule has 1 aromatic heterocycles. The van der Waals surface area contributed by atoms with Crippen LogP contribution >= 0.6 is 11.8 Å². The van der Waals surface area contributed by atoms with Crippen LogP contribution in [0, 0.1) is 0 Å². The van der Waals surface area contributed by atoms with Gasteiger partial charge in [-0.3, -0.25) is 19.5 Å². The number of carbonyl (C=O) groups is 4. The molecule has 1 aromatic carbocycles. The monoisotopic (exact) mass is 444 g/mol. The van der Waals surface area contributed by atoms with Gasteiger partial charge in [0.1, 0.15) is 17.1 Å². The number of benzene rings is 1. The van der Waals surface area contributed by atoms with Crippen molar-refractivity contribution in [2.24, 2.45) is 0 Å². The van der Waals surface area contributed by atoms with Crippen molar-refractivity contribution in [2.75, 3.05) is 32.6 Å². The molecule has 1 aliphatic rings. The summed E-state index contributed by atoms with van der Waals surface area (Å²) in [6.07, 6.45) is 0.633. The van der Waals surface area contributed by atoms with E-state index in [4.69, 9.17) is 9.47 Å². The molecule has 0 bridgehead atoms. The Labute approximate surface area is 181 Å². The molecule has 1 aliphatic carbocycles. The SMILES string of the molecule is CNC(=O)c1[nH]nc2c1C(=O)C(SCCOCCNC(=O)Oc1ccccc1)=CC2=O. The minimum atomic E-state index is -0.580. The highest BCUT2D eigenvalue weighted by Gasteiger charge is 2.33. The Morgan fingerprint density at radius 2 is 1.94 bits per heavy atom. The lowest BCUT2D eigenvalue weighted by Gasteiger charge is -2.12. The second kappa shape index (κ2) is 10.5. The predicted octanol–water partition coefficient (Wildman–Crippen LogP) is 1.57. The molecule has 0 atom stereocenters. The van der Waals surface area contributed by atoms with Crippen molar-refractivity contribution in [1.29, 1.82) is 0 Å². The molecule has 3 N–H and O–H groups in total. The van der Waals surface area contributed by atoms with E-state index < -0.39 is 23.6 Å². The van der Waals surface area contributed by atoms with E-state index >= 15 is 0 Å². The third-order valence-corrected chi connectivity index (χ3v) is 5.11. The molecule has 0 spiro atoms. The Kier molecular flexibility index (Phi) is 7.57. The molecule has 0 aliphatic heterocycles. The zero-order valence-electron chi connectivity index (χ0n) is 16.6. The molecule has 2 amide bonds. The van der Waals surface area contributed by atoms with Gasteiger partial charge in [0.15, 0.2) is 0 Å². The quantitative estimate of drug-likeness (QED) is 0.495. The van der Waals surface area contributed by atoms with Gasteiger partial charge in [0.05, 0.1) is 23.7 Å². The summed E-state index contributed by atoms with van der Waals surface area (Å²) in [5, 5.41) is 11.2. The van der Waals surface area contributed by atoms with Crippen LogP contribution in [0.2, 0.25) is 0 Å². The van der Waals surface area contributed by atoms with Crippen LogP contribution in [0.15, 0.2) is 41.3 Å². The highest BCUT2D eigenvalue weighted by atomic mass is 32.2. The van der Waals surface area contributed by atoms with E-state index in [9.17, 15) is 19.2 Å². The van der Waals surface area contributed by atoms with E-state index in [0.29, 0.717) is 18.1 Å². The van der Waals surface area contributed by atoms with Crippen LogP contribution in [0.3, 0.4) is 0 Å². The first-order valence-electron chi connectivity index (χ1n) is 9.33. The molecule has 3 rings (SSSR count). The number of ether oxygens (including phenoxy) is 2. The van der Waals surface area contributed by atoms with Gasteiger partial charge in [-0.2, -0.15) is 5.10 Å². The summed E-state index contributed by atoms with van der Waals surface area (Å²) in [5.74, 6) is -0.551. The zero-order chi connectivity index (χ0) is 22.2. The number of aromatic nitrogens is 2. The molecule has 11 heteroatoms. The van der Waals surface area contributed by atoms with Crippen molar-refractivity contribution < 1.29 is 28.7 Å². The fourth-order valence-corrected chi connectivity index (χ4v) is 3.53. The van der Waals surface area contributed by atoms with E-state index in [-0.39, 0.29) is 35.0 Å². The maximum Gasteiger partial charge on any atom is 0.412 e. The van der Waals surface area contributed by atoms with Crippen molar-refractivity contribution in [3.8, 4) is 5.75 Å². The van der Waals surface area contributed by atoms with Crippen LogP contribution < -0.4 is 15.4 Å². The fraction of sp³-hybridized carbons (Fsp3) is 0.250. The topological polar surface area (TPSA) is 139 Å². The maximum absolute atomic E-state index is 12.7. The lowest BCUT2D eigenvalue weighted by atomic mass is 9.99. The summed E-state index contributed by atoms with van der Waals surface area (Å²) in [4.78, 5) is 48.6. The Morgan fingerprint density at radius 1 is 1.16 bits per heavy atom. The van der Waals surface area contributed by atoms with Crippen molar-refractivity contribution in [3.05, 3.63) is 58.3 Å². The van der Waals surface area contributed by atoms with E-state index in [2.05, 4.69) is 20.8 Å². The van der Waals surface area contributed by atoms with Gasteiger partial charge in [-0.1, -0.05) is 18.2 Å². The molecule has 31 heavy (non-hydrogen) atoms. The number of nitrogens with one attached hydrogen (secondary N) is 3. The Balaban J connectivity index is 1.39. The number of allylic oxidation sites excluding steroid dienone is 2. The summed E-state index contributed by atoms with van der Waals surface area (Å²) in [6.45, 7) is 0.798. The number of para-hydroxylation sites is 1. The van der Waals surface area contributed by atoms with Gasteiger partial charge in [0, 0.05) is 25.4 Å². The third-order valence-electron chi connectivity index (χ3n) is 4.12. The van der Waals surface area contributed by atoms with Crippen LogP contribution in [0.4, 0.5) is 4.79 Å². The zero-order valence-corrected chi connectivity index (χ0v) is 17.4. The first-order chi connectivity index (χ1) is 15.0. The first kappa shape index (κ1) is 22.2. The average molecular weight is 444 g/mol. The number of carbonyl (C=O) groups excluding carboxylic acids is 4. The number of H-pyrrole nitrogens is 1. The van der Waals surface area contributed by atoms with Crippen molar-refractivity contribution in [3.63, 3.8) is 0 Å². The number of nitrogens with zero attached hydrogens (tertiary/aromatic N) is 1. The number of rotatable bonds is 9. The molecule has 162 valence electrons. The summed E-state index contributed by atoms with van der Waals surface area (Å²) in [5.41, 5.74) is -0.110. The molecule has 0 saturated carbocycles. The fourth-order valence-electron chi connectivity index (χ4n) is 2.68. The Bertz CT molecular complexity index is 1020. The number of hydrogen-bond acceptors (Lipinski definition) is 8. The summed E-state index contributed by atoms with van der Waals surface area (Å²) in [6, 6.07) is 8.68. The Morgan fingerprint density at radius 3 is 2.68 bits per heavy atom. The van der Waals surface area contributed by atoms with Gasteiger partial charge in [0.2, 0.25) is 11.6 Å². The van der Waals surface area contributed by atoms with E-state index in [0.717, 1.165) is 11.8 Å². The maximum atomic E-state index is 12.7. The largest absolute Gasteiger partial charge is 0.412 e. The standard InChI is InChI=1S/C20H20N4O6S/c1-21-19(27)17-15-16(23-24-17)13(25)11-14(18(15)26)31-10-9-29-8-7-22-20(28)30-12-5-3-2-4-6-12/h2-6,11H,7-10H2,1H3,(H,21,27)(H,22,28)(H,23,24). The smallest absolute Gasteiger partial charge is 0.410 e. The number of amides is 2. The molecule has 1 heterocycles. The van der Waals surface area contributed by atoms with E-state index in [1.54, 1.807) is 24.3 Å². The normalized spacial score (nSPS) is 12.7. The average Bonchev–Trinajstić information content (AvgIpc) is 3.22. The van der Waals surface area contributed by atoms with Gasteiger partial charge >= 0.3 is 6.09 Å². The number of thioether (sulfide) groups is 1. The third kappa shape index (κ3) is 5.58. The second-order valence-corrected chi connectivity index (χ2v) is 7.33. The Hall–Kier alpha value is -3.44. The molecule has 2 aromatic rings. The number of aromatic amines is 1. The van der Waals surface area contributed by atoms with Gasteiger partial charge in [-0.25, -0.2) is 4.79 Å². The molecule has 0 fully saturated rings.